The number of amides is 1. The van der Waals surface area contributed by atoms with Gasteiger partial charge in [0.2, 0.25) is 5.89 Å². The van der Waals surface area contributed by atoms with Gasteiger partial charge in [-0.25, -0.2) is 4.98 Å². The van der Waals surface area contributed by atoms with Gasteiger partial charge in [-0.15, -0.1) is 11.3 Å². The summed E-state index contributed by atoms with van der Waals surface area (Å²) in [7, 11) is 0. The van der Waals surface area contributed by atoms with Crippen LogP contribution in [0.5, 0.6) is 0 Å². The molecule has 16 heavy (non-hydrogen) atoms. The number of aromatic nitrogens is 3. The molecule has 2 rings (SSSR count). The predicted octanol–water partition coefficient (Wildman–Crippen LogP) is 1.07. The van der Waals surface area contributed by atoms with E-state index in [1.807, 2.05) is 0 Å². The molecule has 0 saturated carbocycles. The van der Waals surface area contributed by atoms with Crippen molar-refractivity contribution in [2.75, 3.05) is 0 Å². The molecule has 0 aliphatic heterocycles. The van der Waals surface area contributed by atoms with Crippen LogP contribution in [0.1, 0.15) is 27.1 Å². The highest BCUT2D eigenvalue weighted by Gasteiger charge is 2.12. The van der Waals surface area contributed by atoms with Crippen LogP contribution in [-0.4, -0.2) is 21.0 Å². The summed E-state index contributed by atoms with van der Waals surface area (Å²) >= 11 is 1.31. The Kier molecular flexibility index (Phi) is 2.95. The van der Waals surface area contributed by atoms with Crippen molar-refractivity contribution in [3.8, 4) is 0 Å². The van der Waals surface area contributed by atoms with Crippen molar-refractivity contribution in [3.63, 3.8) is 0 Å². The van der Waals surface area contributed by atoms with Crippen LogP contribution in [0.3, 0.4) is 0 Å². The Hall–Kier alpha value is -1.76. The minimum Gasteiger partial charge on any atom is -0.342 e. The lowest BCUT2D eigenvalue weighted by molar-refractivity contribution is 0.0949. The molecule has 1 N–H and O–H groups in total. The Balaban J connectivity index is 1.96. The van der Waals surface area contributed by atoms with Crippen LogP contribution in [0, 0.1) is 13.8 Å². The Labute approximate surface area is 95.7 Å². The lowest BCUT2D eigenvalue weighted by Gasteiger charge is -1.99. The van der Waals surface area contributed by atoms with Crippen LogP contribution >= 0.6 is 11.3 Å². The molecule has 0 unspecified atom stereocenters. The summed E-state index contributed by atoms with van der Waals surface area (Å²) < 4.78 is 4.87. The molecule has 0 spiro atoms. The molecule has 6 nitrogen and oxygen atoms in total. The van der Waals surface area contributed by atoms with E-state index in [0.717, 1.165) is 5.69 Å². The van der Waals surface area contributed by atoms with Gasteiger partial charge in [-0.05, 0) is 13.8 Å². The van der Waals surface area contributed by atoms with Crippen molar-refractivity contribution < 1.29 is 9.32 Å². The van der Waals surface area contributed by atoms with Crippen molar-refractivity contribution >= 4 is 17.2 Å². The van der Waals surface area contributed by atoms with Crippen LogP contribution in [-0.2, 0) is 6.54 Å². The third-order valence-corrected chi connectivity index (χ3v) is 2.85. The molecule has 0 atom stereocenters. The molecular formula is C9H10N4O2S. The van der Waals surface area contributed by atoms with Crippen molar-refractivity contribution in [1.29, 1.82) is 0 Å². The van der Waals surface area contributed by atoms with Gasteiger partial charge in [0.05, 0.1) is 17.7 Å². The minimum absolute atomic E-state index is 0.171. The van der Waals surface area contributed by atoms with E-state index in [1.54, 1.807) is 19.4 Å². The topological polar surface area (TPSA) is 80.9 Å². The van der Waals surface area contributed by atoms with E-state index < -0.39 is 0 Å². The number of hydrogen-bond acceptors (Lipinski definition) is 6. The molecule has 7 heteroatoms. The number of nitrogens with one attached hydrogen (secondary N) is 1. The first kappa shape index (κ1) is 10.7. The first-order chi connectivity index (χ1) is 7.66. The highest BCUT2D eigenvalue weighted by atomic mass is 32.1. The van der Waals surface area contributed by atoms with Crippen LogP contribution in [0.25, 0.3) is 0 Å². The highest BCUT2D eigenvalue weighted by Crippen LogP contribution is 2.11. The van der Waals surface area contributed by atoms with Crippen LogP contribution in [0.4, 0.5) is 0 Å². The van der Waals surface area contributed by atoms with Crippen LogP contribution < -0.4 is 5.32 Å². The molecule has 2 aromatic heterocycles. The van der Waals surface area contributed by atoms with Gasteiger partial charge in [0, 0.05) is 0 Å². The summed E-state index contributed by atoms with van der Waals surface area (Å²) in [5.41, 5.74) is 2.37. The molecule has 0 aliphatic carbocycles. The normalized spacial score (nSPS) is 10.4. The SMILES string of the molecule is Cc1noc(CNC(=O)c2scnc2C)n1. The maximum atomic E-state index is 11.7. The van der Waals surface area contributed by atoms with Crippen molar-refractivity contribution in [1.82, 2.24) is 20.4 Å². The molecule has 0 aliphatic rings. The Morgan fingerprint density at radius 2 is 2.38 bits per heavy atom. The molecule has 0 radical (unpaired) electrons. The number of aryl methyl sites for hydroxylation is 2. The molecule has 0 fully saturated rings. The number of nitrogens with zero attached hydrogens (tertiary/aromatic N) is 3. The summed E-state index contributed by atoms with van der Waals surface area (Å²) in [5.74, 6) is 0.780. The van der Waals surface area contributed by atoms with Gasteiger partial charge in [-0.2, -0.15) is 4.98 Å². The van der Waals surface area contributed by atoms with E-state index in [2.05, 4.69) is 20.4 Å². The zero-order valence-electron chi connectivity index (χ0n) is 8.85. The molecule has 2 aromatic rings. The standard InChI is InChI=1S/C9H10N4O2S/c1-5-8(16-4-11-5)9(14)10-3-7-12-6(2)13-15-7/h4H,3H2,1-2H3,(H,10,14). The second kappa shape index (κ2) is 4.40. The minimum atomic E-state index is -0.171. The number of carbonyl (C=O) groups excluding carboxylic acids is 1. The zero-order chi connectivity index (χ0) is 11.5. The lowest BCUT2D eigenvalue weighted by Crippen LogP contribution is -2.22. The molecule has 0 saturated heterocycles. The van der Waals surface area contributed by atoms with Gasteiger partial charge in [0.1, 0.15) is 4.88 Å². The highest BCUT2D eigenvalue weighted by molar-refractivity contribution is 7.11. The van der Waals surface area contributed by atoms with E-state index in [1.165, 1.54) is 11.3 Å². The van der Waals surface area contributed by atoms with E-state index in [9.17, 15) is 4.79 Å². The second-order valence-corrected chi connectivity index (χ2v) is 4.04. The number of rotatable bonds is 3. The number of carbonyl (C=O) groups is 1. The average molecular weight is 238 g/mol. The van der Waals surface area contributed by atoms with Gasteiger partial charge in [-0.3, -0.25) is 4.79 Å². The monoisotopic (exact) mass is 238 g/mol. The fourth-order valence-electron chi connectivity index (χ4n) is 1.17. The maximum Gasteiger partial charge on any atom is 0.263 e. The summed E-state index contributed by atoms with van der Waals surface area (Å²) in [6, 6.07) is 0. The molecule has 0 bridgehead atoms. The second-order valence-electron chi connectivity index (χ2n) is 3.18. The summed E-state index contributed by atoms with van der Waals surface area (Å²) in [4.78, 5) is 20.3. The summed E-state index contributed by atoms with van der Waals surface area (Å²) in [5, 5.41) is 6.32. The Morgan fingerprint density at radius 1 is 1.56 bits per heavy atom. The third kappa shape index (κ3) is 2.25. The van der Waals surface area contributed by atoms with Gasteiger partial charge in [0.25, 0.3) is 5.91 Å². The zero-order valence-corrected chi connectivity index (χ0v) is 9.67. The number of hydrogen-bond donors (Lipinski definition) is 1. The summed E-state index contributed by atoms with van der Waals surface area (Å²) in [6.07, 6.45) is 0. The van der Waals surface area contributed by atoms with Crippen LogP contribution in [0.2, 0.25) is 0 Å². The lowest BCUT2D eigenvalue weighted by atomic mass is 10.4. The number of thiazole rings is 1. The molecular weight excluding hydrogens is 228 g/mol. The Morgan fingerprint density at radius 3 is 2.94 bits per heavy atom. The predicted molar refractivity (Wildman–Crippen MR) is 57.1 cm³/mol. The van der Waals surface area contributed by atoms with E-state index in [-0.39, 0.29) is 12.5 Å². The smallest absolute Gasteiger partial charge is 0.263 e. The van der Waals surface area contributed by atoms with Crippen LogP contribution in [0.15, 0.2) is 10.0 Å². The van der Waals surface area contributed by atoms with E-state index in [0.29, 0.717) is 16.6 Å². The van der Waals surface area contributed by atoms with Gasteiger partial charge >= 0.3 is 0 Å². The molecule has 0 aromatic carbocycles. The van der Waals surface area contributed by atoms with Crippen molar-refractivity contribution in [2.45, 2.75) is 20.4 Å². The molecule has 2 heterocycles. The average Bonchev–Trinajstić information content (AvgIpc) is 2.84. The van der Waals surface area contributed by atoms with E-state index >= 15 is 0 Å². The maximum absolute atomic E-state index is 11.7. The molecule has 1 amide bonds. The fraction of sp³-hybridized carbons (Fsp3) is 0.333. The molecule has 84 valence electrons. The summed E-state index contributed by atoms with van der Waals surface area (Å²) in [6.45, 7) is 3.75. The third-order valence-electron chi connectivity index (χ3n) is 1.92. The fourth-order valence-corrected chi connectivity index (χ4v) is 1.89. The quantitative estimate of drug-likeness (QED) is 0.865. The van der Waals surface area contributed by atoms with Crippen molar-refractivity contribution in [2.24, 2.45) is 0 Å². The van der Waals surface area contributed by atoms with Gasteiger partial charge in [0.15, 0.2) is 5.82 Å². The Bertz CT molecular complexity index is 505. The van der Waals surface area contributed by atoms with Crippen molar-refractivity contribution in [3.05, 3.63) is 27.8 Å². The first-order valence-electron chi connectivity index (χ1n) is 4.64. The van der Waals surface area contributed by atoms with Gasteiger partial charge in [-0.1, -0.05) is 5.16 Å². The van der Waals surface area contributed by atoms with E-state index in [4.69, 9.17) is 4.52 Å². The first-order valence-corrected chi connectivity index (χ1v) is 5.52. The largest absolute Gasteiger partial charge is 0.342 e. The van der Waals surface area contributed by atoms with Gasteiger partial charge < -0.3 is 9.84 Å².